The van der Waals surface area contributed by atoms with Crippen LogP contribution in [0.3, 0.4) is 0 Å². The normalized spacial score (nSPS) is 15.1. The number of methoxy groups -OCH3 is 1. The van der Waals surface area contributed by atoms with Gasteiger partial charge in [-0.25, -0.2) is 4.79 Å². The van der Waals surface area contributed by atoms with Crippen molar-refractivity contribution in [2.45, 2.75) is 12.8 Å². The van der Waals surface area contributed by atoms with Crippen molar-refractivity contribution >= 4 is 12.2 Å². The first-order valence-electron chi connectivity index (χ1n) is 8.35. The van der Waals surface area contributed by atoms with Crippen molar-refractivity contribution in [2.24, 2.45) is 0 Å². The fraction of sp³-hybridized carbons (Fsp3) is 0.143. The highest BCUT2D eigenvalue weighted by Gasteiger charge is 2.26. The molecule has 3 aromatic rings. The Balaban J connectivity index is 2.04. The van der Waals surface area contributed by atoms with Crippen molar-refractivity contribution in [1.82, 2.24) is 9.97 Å². The van der Waals surface area contributed by atoms with Crippen LogP contribution in [0.1, 0.15) is 39.3 Å². The Morgan fingerprint density at radius 2 is 1.62 bits per heavy atom. The van der Waals surface area contributed by atoms with Gasteiger partial charge in [-0.1, -0.05) is 42.0 Å². The summed E-state index contributed by atoms with van der Waals surface area (Å²) < 4.78 is 5.35. The van der Waals surface area contributed by atoms with Crippen LogP contribution in [0.5, 0.6) is 5.75 Å². The number of nitrogens with one attached hydrogen (secondary N) is 2. The molecule has 2 N–H and O–H groups in total. The van der Waals surface area contributed by atoms with Gasteiger partial charge < -0.3 is 9.72 Å². The van der Waals surface area contributed by atoms with Crippen LogP contribution in [0.4, 0.5) is 0 Å². The van der Waals surface area contributed by atoms with Crippen molar-refractivity contribution in [3.8, 4) is 5.75 Å². The molecule has 5 nitrogen and oxygen atoms in total. The largest absolute Gasteiger partial charge is 0.497 e. The number of fused-ring (bicyclic) bond motifs is 2. The molecule has 0 amide bonds. The Labute approximate surface area is 150 Å². The number of ether oxygens (including phenoxy) is 1. The SMILES string of the molecule is COc1ccc2c(c1)C=Cc1cc(C)ccc1C2c1c[nH]c(=O)[nH]c1=O. The lowest BCUT2D eigenvalue weighted by Crippen LogP contribution is -2.27. The molecular formula is C21H18N2O3. The van der Waals surface area contributed by atoms with Crippen molar-refractivity contribution in [3.05, 3.63) is 96.8 Å². The molecule has 0 spiro atoms. The second kappa shape index (κ2) is 6.19. The van der Waals surface area contributed by atoms with Crippen molar-refractivity contribution in [1.29, 1.82) is 0 Å². The first kappa shape index (κ1) is 16.1. The lowest BCUT2D eigenvalue weighted by molar-refractivity contribution is 0.414. The molecule has 0 saturated heterocycles. The van der Waals surface area contributed by atoms with E-state index in [1.165, 1.54) is 6.20 Å². The van der Waals surface area contributed by atoms with Crippen LogP contribution in [-0.4, -0.2) is 17.1 Å². The van der Waals surface area contributed by atoms with Gasteiger partial charge in [-0.05, 0) is 41.3 Å². The molecule has 1 unspecified atom stereocenters. The highest BCUT2D eigenvalue weighted by atomic mass is 16.5. The highest BCUT2D eigenvalue weighted by molar-refractivity contribution is 5.78. The van der Waals surface area contributed by atoms with E-state index in [1.807, 2.05) is 43.3 Å². The molecule has 1 atom stereocenters. The van der Waals surface area contributed by atoms with E-state index < -0.39 is 5.69 Å². The average molecular weight is 346 g/mol. The molecule has 0 bridgehead atoms. The standard InChI is InChI=1S/C21H18N2O3/c1-12-3-7-16-13(9-12)4-5-14-10-15(26-2)6-8-17(14)19(16)18-11-22-21(25)23-20(18)24/h3-11,19H,1-2H3,(H2,22,23,24,25). The first-order valence-corrected chi connectivity index (χ1v) is 8.35. The summed E-state index contributed by atoms with van der Waals surface area (Å²) in [5.41, 5.74) is 4.80. The third-order valence-electron chi connectivity index (χ3n) is 4.76. The number of aryl methyl sites for hydroxylation is 1. The van der Waals surface area contributed by atoms with E-state index in [4.69, 9.17) is 4.74 Å². The summed E-state index contributed by atoms with van der Waals surface area (Å²) in [6, 6.07) is 12.0. The zero-order chi connectivity index (χ0) is 18.3. The summed E-state index contributed by atoms with van der Waals surface area (Å²) in [6.07, 6.45) is 5.60. The van der Waals surface area contributed by atoms with Crippen molar-refractivity contribution < 1.29 is 4.74 Å². The molecule has 2 aromatic carbocycles. The molecule has 0 saturated carbocycles. The molecule has 0 radical (unpaired) electrons. The summed E-state index contributed by atoms with van der Waals surface area (Å²) in [6.45, 7) is 2.04. The van der Waals surface area contributed by atoms with E-state index in [0.29, 0.717) is 5.56 Å². The Hall–Kier alpha value is -3.34. The molecule has 4 rings (SSSR count). The molecule has 5 heteroatoms. The summed E-state index contributed by atoms with van der Waals surface area (Å²) in [4.78, 5) is 29.0. The van der Waals surface area contributed by atoms with Gasteiger partial charge in [0.2, 0.25) is 0 Å². The lowest BCUT2D eigenvalue weighted by atomic mass is 9.83. The molecule has 1 heterocycles. The maximum Gasteiger partial charge on any atom is 0.325 e. The van der Waals surface area contributed by atoms with Crippen LogP contribution in [0.25, 0.3) is 12.2 Å². The third-order valence-corrected chi connectivity index (χ3v) is 4.76. The Kier molecular flexibility index (Phi) is 3.84. The quantitative estimate of drug-likeness (QED) is 0.586. The summed E-state index contributed by atoms with van der Waals surface area (Å²) in [5, 5.41) is 0. The predicted octanol–water partition coefficient (Wildman–Crippen LogP) is 3.04. The second-order valence-electron chi connectivity index (χ2n) is 6.42. The second-order valence-corrected chi connectivity index (χ2v) is 6.42. The van der Waals surface area contributed by atoms with E-state index in [0.717, 1.165) is 33.6 Å². The fourth-order valence-electron chi connectivity index (χ4n) is 3.51. The average Bonchev–Trinajstić information content (AvgIpc) is 2.78. The van der Waals surface area contributed by atoms with Crippen LogP contribution >= 0.6 is 0 Å². The Morgan fingerprint density at radius 3 is 2.31 bits per heavy atom. The lowest BCUT2D eigenvalue weighted by Gasteiger charge is -2.20. The Bertz CT molecular complexity index is 1140. The molecule has 130 valence electrons. The van der Waals surface area contributed by atoms with Crippen LogP contribution in [0, 0.1) is 6.92 Å². The van der Waals surface area contributed by atoms with Gasteiger partial charge in [-0.2, -0.15) is 0 Å². The van der Waals surface area contributed by atoms with Crippen LogP contribution in [-0.2, 0) is 0 Å². The predicted molar refractivity (Wildman–Crippen MR) is 102 cm³/mol. The van der Waals surface area contributed by atoms with E-state index in [2.05, 4.69) is 22.1 Å². The van der Waals surface area contributed by atoms with Crippen molar-refractivity contribution in [3.63, 3.8) is 0 Å². The van der Waals surface area contributed by atoms with E-state index >= 15 is 0 Å². The number of hydrogen-bond acceptors (Lipinski definition) is 3. The van der Waals surface area contributed by atoms with Crippen LogP contribution in [0.2, 0.25) is 0 Å². The first-order chi connectivity index (χ1) is 12.6. The number of H-pyrrole nitrogens is 2. The third kappa shape index (κ3) is 2.67. The topological polar surface area (TPSA) is 75.0 Å². The molecule has 0 fully saturated rings. The molecule has 1 aliphatic rings. The molecule has 1 aliphatic carbocycles. The molecule has 0 aliphatic heterocycles. The van der Waals surface area contributed by atoms with Crippen LogP contribution < -0.4 is 16.0 Å². The minimum absolute atomic E-state index is 0.290. The van der Waals surface area contributed by atoms with Gasteiger partial charge in [0.15, 0.2) is 0 Å². The minimum atomic E-state index is -0.510. The van der Waals surface area contributed by atoms with Gasteiger partial charge in [-0.15, -0.1) is 0 Å². The Morgan fingerprint density at radius 1 is 0.923 bits per heavy atom. The minimum Gasteiger partial charge on any atom is -0.497 e. The van der Waals surface area contributed by atoms with Gasteiger partial charge in [-0.3, -0.25) is 9.78 Å². The molecule has 1 aromatic heterocycles. The number of aromatic amines is 2. The zero-order valence-corrected chi connectivity index (χ0v) is 14.5. The number of rotatable bonds is 2. The smallest absolute Gasteiger partial charge is 0.325 e. The van der Waals surface area contributed by atoms with Gasteiger partial charge in [0.1, 0.15) is 5.75 Å². The van der Waals surface area contributed by atoms with Crippen molar-refractivity contribution in [2.75, 3.05) is 7.11 Å². The van der Waals surface area contributed by atoms with E-state index in [1.54, 1.807) is 7.11 Å². The monoisotopic (exact) mass is 346 g/mol. The number of hydrogen-bond donors (Lipinski definition) is 2. The summed E-state index contributed by atoms with van der Waals surface area (Å²) >= 11 is 0. The van der Waals surface area contributed by atoms with Gasteiger partial charge in [0.05, 0.1) is 7.11 Å². The maximum atomic E-state index is 12.5. The number of aromatic nitrogens is 2. The summed E-state index contributed by atoms with van der Waals surface area (Å²) in [5.74, 6) is 0.465. The maximum absolute atomic E-state index is 12.5. The fourth-order valence-corrected chi connectivity index (χ4v) is 3.51. The van der Waals surface area contributed by atoms with Crippen LogP contribution in [0.15, 0.2) is 52.2 Å². The molecule has 26 heavy (non-hydrogen) atoms. The molecular weight excluding hydrogens is 328 g/mol. The van der Waals surface area contributed by atoms with Gasteiger partial charge in [0, 0.05) is 17.7 Å². The zero-order valence-electron chi connectivity index (χ0n) is 14.5. The van der Waals surface area contributed by atoms with Gasteiger partial charge in [0.25, 0.3) is 5.56 Å². The number of benzene rings is 2. The van der Waals surface area contributed by atoms with Gasteiger partial charge >= 0.3 is 5.69 Å². The summed E-state index contributed by atoms with van der Waals surface area (Å²) in [7, 11) is 1.63. The van der Waals surface area contributed by atoms with E-state index in [9.17, 15) is 9.59 Å². The highest BCUT2D eigenvalue weighted by Crippen LogP contribution is 2.39. The van der Waals surface area contributed by atoms with E-state index in [-0.39, 0.29) is 11.5 Å².